The smallest absolute Gasteiger partial charge is 0.251 e. The largest absolute Gasteiger partial charge is 0.457 e. The molecule has 0 fully saturated rings. The summed E-state index contributed by atoms with van der Waals surface area (Å²) in [5.74, 6) is 2.61. The maximum atomic E-state index is 12.4. The van der Waals surface area contributed by atoms with Gasteiger partial charge in [-0.25, -0.2) is 14.6 Å². The zero-order valence-electron chi connectivity index (χ0n) is 17.0. The minimum absolute atomic E-state index is 0.150. The normalized spacial score (nSPS) is 10.5. The number of hydrogen-bond donors (Lipinski definition) is 2. The highest BCUT2D eigenvalue weighted by atomic mass is 16.5. The Morgan fingerprint density at radius 1 is 0.968 bits per heavy atom. The van der Waals surface area contributed by atoms with E-state index in [9.17, 15) is 4.79 Å². The van der Waals surface area contributed by atoms with Gasteiger partial charge >= 0.3 is 0 Å². The van der Waals surface area contributed by atoms with Gasteiger partial charge < -0.3 is 15.4 Å². The average Bonchev–Trinajstić information content (AvgIpc) is 3.24. The summed E-state index contributed by atoms with van der Waals surface area (Å²) in [5.41, 5.74) is 1.48. The molecule has 4 rings (SSSR count). The number of aryl methyl sites for hydroxylation is 1. The second-order valence-electron chi connectivity index (χ2n) is 6.79. The van der Waals surface area contributed by atoms with Crippen molar-refractivity contribution in [2.24, 2.45) is 0 Å². The van der Waals surface area contributed by atoms with E-state index >= 15 is 0 Å². The van der Waals surface area contributed by atoms with Crippen LogP contribution >= 0.6 is 0 Å². The molecule has 2 aromatic heterocycles. The lowest BCUT2D eigenvalue weighted by atomic mass is 10.2. The van der Waals surface area contributed by atoms with Crippen molar-refractivity contribution < 1.29 is 9.53 Å². The van der Waals surface area contributed by atoms with Gasteiger partial charge in [-0.05, 0) is 49.4 Å². The Labute approximate surface area is 179 Å². The molecule has 0 unspecified atom stereocenters. The first-order chi connectivity index (χ1) is 15.2. The molecule has 0 aliphatic heterocycles. The van der Waals surface area contributed by atoms with Gasteiger partial charge in [0.1, 0.15) is 23.6 Å². The molecule has 8 heteroatoms. The van der Waals surface area contributed by atoms with Gasteiger partial charge in [-0.2, -0.15) is 5.10 Å². The molecule has 2 heterocycles. The van der Waals surface area contributed by atoms with Crippen LogP contribution in [0, 0.1) is 6.92 Å². The lowest BCUT2D eigenvalue weighted by molar-refractivity contribution is 0.0955. The molecule has 0 saturated heterocycles. The predicted molar refractivity (Wildman–Crippen MR) is 118 cm³/mol. The minimum atomic E-state index is -0.150. The molecule has 31 heavy (non-hydrogen) atoms. The number of anilines is 1. The topological polar surface area (TPSA) is 94.0 Å². The Hall–Kier alpha value is -4.20. The molecule has 0 saturated carbocycles. The summed E-state index contributed by atoms with van der Waals surface area (Å²) in [6.07, 6.45) is 3.32. The number of carbonyl (C=O) groups excluding carboxylic acids is 1. The fourth-order valence-corrected chi connectivity index (χ4v) is 2.88. The molecule has 0 aliphatic rings. The standard InChI is InChI=1S/C23H22N6O2/c1-17-11-14-29(28-17)22-15-21(26-16-27-22)24-12-13-25-23(30)18-7-9-20(10-8-18)31-19-5-3-2-4-6-19/h2-11,14-16H,12-13H2,1H3,(H,25,30)(H,24,26,27). The van der Waals surface area contributed by atoms with Crippen molar-refractivity contribution in [1.82, 2.24) is 25.1 Å². The van der Waals surface area contributed by atoms with Gasteiger partial charge in [-0.1, -0.05) is 18.2 Å². The number of amides is 1. The number of benzene rings is 2. The summed E-state index contributed by atoms with van der Waals surface area (Å²) < 4.78 is 7.43. The van der Waals surface area contributed by atoms with Gasteiger partial charge in [0, 0.05) is 30.9 Å². The summed E-state index contributed by atoms with van der Waals surface area (Å²) in [6.45, 7) is 2.89. The highest BCUT2D eigenvalue weighted by Crippen LogP contribution is 2.21. The zero-order chi connectivity index (χ0) is 21.5. The van der Waals surface area contributed by atoms with Crippen LogP contribution < -0.4 is 15.4 Å². The molecule has 0 aliphatic carbocycles. The Morgan fingerprint density at radius 2 is 1.74 bits per heavy atom. The van der Waals surface area contributed by atoms with Crippen LogP contribution in [0.2, 0.25) is 0 Å². The third-order valence-corrected chi connectivity index (χ3v) is 4.42. The summed E-state index contributed by atoms with van der Waals surface area (Å²) in [7, 11) is 0. The lowest BCUT2D eigenvalue weighted by Gasteiger charge is -2.09. The van der Waals surface area contributed by atoms with Crippen molar-refractivity contribution in [3.05, 3.63) is 90.5 Å². The number of aromatic nitrogens is 4. The highest BCUT2D eigenvalue weighted by Gasteiger charge is 2.06. The molecule has 4 aromatic rings. The van der Waals surface area contributed by atoms with E-state index in [1.54, 1.807) is 35.0 Å². The van der Waals surface area contributed by atoms with E-state index in [-0.39, 0.29) is 5.91 Å². The summed E-state index contributed by atoms with van der Waals surface area (Å²) in [5, 5.41) is 10.4. The van der Waals surface area contributed by atoms with Gasteiger partial charge in [0.15, 0.2) is 5.82 Å². The van der Waals surface area contributed by atoms with Gasteiger partial charge in [-0.3, -0.25) is 4.79 Å². The number of carbonyl (C=O) groups is 1. The van der Waals surface area contributed by atoms with Crippen LogP contribution in [0.5, 0.6) is 11.5 Å². The maximum Gasteiger partial charge on any atom is 0.251 e. The van der Waals surface area contributed by atoms with E-state index in [4.69, 9.17) is 4.74 Å². The van der Waals surface area contributed by atoms with E-state index < -0.39 is 0 Å². The molecular weight excluding hydrogens is 392 g/mol. The fraction of sp³-hybridized carbons (Fsp3) is 0.130. The number of ether oxygens (including phenoxy) is 1. The molecule has 0 radical (unpaired) electrons. The van der Waals surface area contributed by atoms with Gasteiger partial charge in [0.25, 0.3) is 5.91 Å². The van der Waals surface area contributed by atoms with Crippen LogP contribution in [-0.2, 0) is 0 Å². The van der Waals surface area contributed by atoms with Crippen LogP contribution in [-0.4, -0.2) is 38.7 Å². The Balaban J connectivity index is 1.25. The first kappa shape index (κ1) is 20.1. The third-order valence-electron chi connectivity index (χ3n) is 4.42. The van der Waals surface area contributed by atoms with E-state index in [2.05, 4.69) is 25.7 Å². The monoisotopic (exact) mass is 414 g/mol. The number of para-hydroxylation sites is 1. The second-order valence-corrected chi connectivity index (χ2v) is 6.79. The van der Waals surface area contributed by atoms with Crippen molar-refractivity contribution in [3.8, 4) is 17.3 Å². The number of hydrogen-bond acceptors (Lipinski definition) is 6. The fourth-order valence-electron chi connectivity index (χ4n) is 2.88. The zero-order valence-corrected chi connectivity index (χ0v) is 17.0. The first-order valence-electron chi connectivity index (χ1n) is 9.87. The van der Waals surface area contributed by atoms with Crippen molar-refractivity contribution in [3.63, 3.8) is 0 Å². The molecule has 156 valence electrons. The third kappa shape index (κ3) is 5.45. The Morgan fingerprint density at radius 3 is 2.48 bits per heavy atom. The van der Waals surface area contributed by atoms with E-state index in [1.165, 1.54) is 6.33 Å². The van der Waals surface area contributed by atoms with Gasteiger partial charge in [0.05, 0.1) is 5.69 Å². The molecule has 0 bridgehead atoms. The van der Waals surface area contributed by atoms with Crippen LogP contribution in [0.3, 0.4) is 0 Å². The Kier molecular flexibility index (Phi) is 6.18. The molecule has 2 aromatic carbocycles. The molecule has 1 amide bonds. The molecule has 0 atom stereocenters. The predicted octanol–water partition coefficient (Wildman–Crippen LogP) is 3.60. The van der Waals surface area contributed by atoms with Crippen molar-refractivity contribution in [2.45, 2.75) is 6.92 Å². The lowest BCUT2D eigenvalue weighted by Crippen LogP contribution is -2.28. The average molecular weight is 414 g/mol. The highest BCUT2D eigenvalue weighted by molar-refractivity contribution is 5.94. The van der Waals surface area contributed by atoms with Crippen molar-refractivity contribution in [1.29, 1.82) is 0 Å². The summed E-state index contributed by atoms with van der Waals surface area (Å²) >= 11 is 0. The van der Waals surface area contributed by atoms with E-state index in [0.717, 1.165) is 11.4 Å². The minimum Gasteiger partial charge on any atom is -0.457 e. The molecular formula is C23H22N6O2. The summed E-state index contributed by atoms with van der Waals surface area (Å²) in [6, 6.07) is 20.3. The molecule has 8 nitrogen and oxygen atoms in total. The van der Waals surface area contributed by atoms with E-state index in [0.29, 0.717) is 36.0 Å². The number of rotatable bonds is 8. The quantitative estimate of drug-likeness (QED) is 0.428. The van der Waals surface area contributed by atoms with Crippen molar-refractivity contribution >= 4 is 11.7 Å². The van der Waals surface area contributed by atoms with Crippen molar-refractivity contribution in [2.75, 3.05) is 18.4 Å². The second kappa shape index (κ2) is 9.53. The van der Waals surface area contributed by atoms with Crippen LogP contribution in [0.1, 0.15) is 16.1 Å². The van der Waals surface area contributed by atoms with E-state index in [1.807, 2.05) is 49.5 Å². The summed E-state index contributed by atoms with van der Waals surface area (Å²) in [4.78, 5) is 20.8. The van der Waals surface area contributed by atoms with Gasteiger partial charge in [0.2, 0.25) is 0 Å². The maximum absolute atomic E-state index is 12.4. The Bertz CT molecular complexity index is 1140. The number of nitrogens with zero attached hydrogens (tertiary/aromatic N) is 4. The molecule has 2 N–H and O–H groups in total. The van der Waals surface area contributed by atoms with Gasteiger partial charge in [-0.15, -0.1) is 0 Å². The first-order valence-corrected chi connectivity index (χ1v) is 9.87. The molecule has 0 spiro atoms. The van der Waals surface area contributed by atoms with Crippen LogP contribution in [0.15, 0.2) is 79.3 Å². The SMILES string of the molecule is Cc1ccn(-c2cc(NCCNC(=O)c3ccc(Oc4ccccc4)cc3)ncn2)n1. The number of nitrogens with one attached hydrogen (secondary N) is 2. The van der Waals surface area contributed by atoms with Crippen LogP contribution in [0.4, 0.5) is 5.82 Å². The van der Waals surface area contributed by atoms with Crippen LogP contribution in [0.25, 0.3) is 5.82 Å².